The lowest BCUT2D eigenvalue weighted by Crippen LogP contribution is -2.49. The number of aryl methyl sites for hydroxylation is 1. The van der Waals surface area contributed by atoms with Crippen LogP contribution in [0.1, 0.15) is 24.0 Å². The van der Waals surface area contributed by atoms with Crippen molar-refractivity contribution in [2.45, 2.75) is 30.1 Å². The van der Waals surface area contributed by atoms with Gasteiger partial charge in [0.2, 0.25) is 10.0 Å². The van der Waals surface area contributed by atoms with Crippen LogP contribution in [0.2, 0.25) is 0 Å². The highest BCUT2D eigenvalue weighted by atomic mass is 32.2. The normalized spacial score (nSPS) is 17.6. The smallest absolute Gasteiger partial charge is 0.316 e. The Morgan fingerprint density at radius 1 is 1.00 bits per heavy atom. The van der Waals surface area contributed by atoms with E-state index in [2.05, 4.69) is 0 Å². The largest absolute Gasteiger partial charge is 0.468 e. The maximum atomic E-state index is 12.9. The molecule has 1 aliphatic rings. The molecule has 0 unspecified atom stereocenters. The van der Waals surface area contributed by atoms with Crippen LogP contribution >= 0.6 is 0 Å². The number of piperidine rings is 1. The van der Waals surface area contributed by atoms with Gasteiger partial charge < -0.3 is 4.74 Å². The first kappa shape index (κ1) is 18.6. The molecular weight excluding hydrogens is 350 g/mol. The van der Waals surface area contributed by atoms with E-state index in [0.29, 0.717) is 12.8 Å². The zero-order valence-electron chi connectivity index (χ0n) is 15.0. The quantitative estimate of drug-likeness (QED) is 0.773. The number of rotatable bonds is 4. The molecule has 5 nitrogen and oxygen atoms in total. The fourth-order valence-electron chi connectivity index (χ4n) is 3.53. The molecule has 0 spiro atoms. The minimum Gasteiger partial charge on any atom is -0.468 e. The Morgan fingerprint density at radius 2 is 1.58 bits per heavy atom. The van der Waals surface area contributed by atoms with Crippen LogP contribution in [0.15, 0.2) is 59.5 Å². The van der Waals surface area contributed by atoms with Crippen LogP contribution in [0.25, 0.3) is 0 Å². The summed E-state index contributed by atoms with van der Waals surface area (Å²) in [6, 6.07) is 16.3. The number of ether oxygens (including phenoxy) is 1. The lowest BCUT2D eigenvalue weighted by molar-refractivity contribution is -0.149. The van der Waals surface area contributed by atoms with Crippen LogP contribution in [0.5, 0.6) is 0 Å². The van der Waals surface area contributed by atoms with Gasteiger partial charge in [-0.3, -0.25) is 4.79 Å². The summed E-state index contributed by atoms with van der Waals surface area (Å²) in [6.45, 7) is 2.47. The van der Waals surface area contributed by atoms with Crippen molar-refractivity contribution in [2.75, 3.05) is 20.2 Å². The number of nitrogens with zero attached hydrogens (tertiary/aromatic N) is 1. The number of sulfonamides is 1. The zero-order valence-corrected chi connectivity index (χ0v) is 15.8. The first-order valence-electron chi connectivity index (χ1n) is 8.61. The molecular formula is C20H23NO4S. The third kappa shape index (κ3) is 3.27. The summed E-state index contributed by atoms with van der Waals surface area (Å²) >= 11 is 0. The van der Waals surface area contributed by atoms with Crippen molar-refractivity contribution in [1.29, 1.82) is 0 Å². The molecule has 26 heavy (non-hydrogen) atoms. The monoisotopic (exact) mass is 373 g/mol. The van der Waals surface area contributed by atoms with Crippen LogP contribution in [0.3, 0.4) is 0 Å². The maximum Gasteiger partial charge on any atom is 0.316 e. The Morgan fingerprint density at radius 3 is 2.12 bits per heavy atom. The van der Waals surface area contributed by atoms with Crippen molar-refractivity contribution in [3.05, 3.63) is 65.7 Å². The molecule has 0 amide bonds. The molecule has 1 aliphatic heterocycles. The Kier molecular flexibility index (Phi) is 5.16. The number of hydrogen-bond donors (Lipinski definition) is 0. The van der Waals surface area contributed by atoms with E-state index in [0.717, 1.165) is 11.1 Å². The number of hydrogen-bond acceptors (Lipinski definition) is 4. The molecule has 0 aromatic heterocycles. The molecule has 1 fully saturated rings. The van der Waals surface area contributed by atoms with Crippen molar-refractivity contribution in [2.24, 2.45) is 0 Å². The van der Waals surface area contributed by atoms with Gasteiger partial charge in [0, 0.05) is 13.1 Å². The number of esters is 1. The predicted octanol–water partition coefficient (Wildman–Crippen LogP) is 2.89. The average Bonchev–Trinajstić information content (AvgIpc) is 2.68. The zero-order chi connectivity index (χ0) is 18.8. The van der Waals surface area contributed by atoms with Gasteiger partial charge in [0.05, 0.1) is 17.4 Å². The summed E-state index contributed by atoms with van der Waals surface area (Å²) in [6.07, 6.45) is 0.795. The molecule has 6 heteroatoms. The third-order valence-electron chi connectivity index (χ3n) is 5.14. The molecule has 0 atom stereocenters. The van der Waals surface area contributed by atoms with E-state index in [4.69, 9.17) is 4.74 Å². The second-order valence-corrected chi connectivity index (χ2v) is 8.59. The minimum absolute atomic E-state index is 0.278. The van der Waals surface area contributed by atoms with Gasteiger partial charge in [0.15, 0.2) is 0 Å². The van der Waals surface area contributed by atoms with Gasteiger partial charge in [-0.15, -0.1) is 0 Å². The fraction of sp³-hybridized carbons (Fsp3) is 0.350. The van der Waals surface area contributed by atoms with E-state index in [1.165, 1.54) is 11.4 Å². The second kappa shape index (κ2) is 7.21. The Bertz CT molecular complexity index is 868. The van der Waals surface area contributed by atoms with E-state index in [9.17, 15) is 13.2 Å². The highest BCUT2D eigenvalue weighted by Gasteiger charge is 2.46. The van der Waals surface area contributed by atoms with Gasteiger partial charge >= 0.3 is 5.97 Å². The van der Waals surface area contributed by atoms with Gasteiger partial charge in [-0.1, -0.05) is 48.0 Å². The van der Waals surface area contributed by atoms with Gasteiger partial charge in [0.1, 0.15) is 0 Å². The van der Waals surface area contributed by atoms with Gasteiger partial charge in [-0.2, -0.15) is 4.31 Å². The molecule has 1 heterocycles. The molecule has 0 saturated carbocycles. The maximum absolute atomic E-state index is 12.9. The van der Waals surface area contributed by atoms with E-state index in [-0.39, 0.29) is 24.0 Å². The predicted molar refractivity (Wildman–Crippen MR) is 99.3 cm³/mol. The third-order valence-corrected chi connectivity index (χ3v) is 7.05. The summed E-state index contributed by atoms with van der Waals surface area (Å²) in [5.41, 5.74) is 1.09. The van der Waals surface area contributed by atoms with Gasteiger partial charge in [-0.25, -0.2) is 8.42 Å². The summed E-state index contributed by atoms with van der Waals surface area (Å²) in [4.78, 5) is 12.8. The molecule has 2 aromatic carbocycles. The summed E-state index contributed by atoms with van der Waals surface area (Å²) in [7, 11) is -2.18. The highest BCUT2D eigenvalue weighted by molar-refractivity contribution is 7.89. The SMILES string of the molecule is COC(=O)C1(c2ccccc2)CCN(S(=O)(=O)c2ccc(C)cc2)CC1. The minimum atomic E-state index is -3.56. The summed E-state index contributed by atoms with van der Waals surface area (Å²) < 4.78 is 32.3. The van der Waals surface area contributed by atoms with E-state index >= 15 is 0 Å². The van der Waals surface area contributed by atoms with Crippen molar-refractivity contribution >= 4 is 16.0 Å². The van der Waals surface area contributed by atoms with E-state index in [1.54, 1.807) is 24.3 Å². The van der Waals surface area contributed by atoms with Crippen LogP contribution in [0.4, 0.5) is 0 Å². The number of carbonyl (C=O) groups is 1. The molecule has 1 saturated heterocycles. The van der Waals surface area contributed by atoms with Crippen LogP contribution in [0, 0.1) is 6.92 Å². The van der Waals surface area contributed by atoms with Crippen molar-refractivity contribution in [3.8, 4) is 0 Å². The fourth-order valence-corrected chi connectivity index (χ4v) is 4.97. The van der Waals surface area contributed by atoms with Crippen molar-refractivity contribution < 1.29 is 17.9 Å². The molecule has 0 radical (unpaired) electrons. The first-order valence-corrected chi connectivity index (χ1v) is 10.0. The van der Waals surface area contributed by atoms with E-state index < -0.39 is 15.4 Å². The Labute approximate surface area is 154 Å². The standard InChI is InChI=1S/C20H23NO4S/c1-16-8-10-18(11-9-16)26(23,24)21-14-12-20(13-15-21,19(22)25-2)17-6-4-3-5-7-17/h3-11H,12-15H2,1-2H3. The first-order chi connectivity index (χ1) is 12.4. The molecule has 0 bridgehead atoms. The number of methoxy groups -OCH3 is 1. The summed E-state index contributed by atoms with van der Waals surface area (Å²) in [5, 5.41) is 0. The van der Waals surface area contributed by atoms with Gasteiger partial charge in [0.25, 0.3) is 0 Å². The molecule has 3 rings (SSSR count). The summed E-state index contributed by atoms with van der Waals surface area (Å²) in [5.74, 6) is -0.309. The van der Waals surface area contributed by atoms with Crippen LogP contribution < -0.4 is 0 Å². The van der Waals surface area contributed by atoms with Crippen LogP contribution in [-0.2, 0) is 25.0 Å². The Balaban J connectivity index is 1.86. The Hall–Kier alpha value is -2.18. The molecule has 2 aromatic rings. The number of carbonyl (C=O) groups excluding carboxylic acids is 1. The topological polar surface area (TPSA) is 63.7 Å². The number of benzene rings is 2. The van der Waals surface area contributed by atoms with Crippen LogP contribution in [-0.4, -0.2) is 38.9 Å². The van der Waals surface area contributed by atoms with E-state index in [1.807, 2.05) is 37.3 Å². The lowest BCUT2D eigenvalue weighted by Gasteiger charge is -2.39. The van der Waals surface area contributed by atoms with Crippen molar-refractivity contribution in [3.63, 3.8) is 0 Å². The molecule has 0 N–H and O–H groups in total. The highest BCUT2D eigenvalue weighted by Crippen LogP contribution is 2.38. The molecule has 138 valence electrons. The van der Waals surface area contributed by atoms with Gasteiger partial charge in [-0.05, 0) is 37.5 Å². The lowest BCUT2D eigenvalue weighted by atomic mass is 9.73. The van der Waals surface area contributed by atoms with Crippen molar-refractivity contribution in [1.82, 2.24) is 4.31 Å². The average molecular weight is 373 g/mol. The molecule has 0 aliphatic carbocycles. The second-order valence-electron chi connectivity index (χ2n) is 6.66.